The molecule has 0 aliphatic carbocycles. The third-order valence-electron chi connectivity index (χ3n) is 5.73. The first-order valence-electron chi connectivity index (χ1n) is 9.33. The van der Waals surface area contributed by atoms with E-state index in [2.05, 4.69) is 10.3 Å². The van der Waals surface area contributed by atoms with Crippen molar-refractivity contribution < 1.29 is 24.2 Å². The van der Waals surface area contributed by atoms with Crippen molar-refractivity contribution in [2.45, 2.75) is 57.8 Å². The molecule has 10 nitrogen and oxygen atoms in total. The van der Waals surface area contributed by atoms with Crippen molar-refractivity contribution in [1.82, 2.24) is 24.7 Å². The van der Waals surface area contributed by atoms with Gasteiger partial charge in [0.2, 0.25) is 5.91 Å². The third-order valence-corrected chi connectivity index (χ3v) is 5.73. The van der Waals surface area contributed by atoms with Crippen LogP contribution < -0.4 is 5.32 Å². The van der Waals surface area contributed by atoms with Crippen LogP contribution in [0.1, 0.15) is 38.2 Å². The maximum atomic E-state index is 12.9. The molecule has 1 aromatic rings. The summed E-state index contributed by atoms with van der Waals surface area (Å²) < 4.78 is 6.96. The first-order valence-corrected chi connectivity index (χ1v) is 9.33. The summed E-state index contributed by atoms with van der Waals surface area (Å²) in [4.78, 5) is 44.4. The van der Waals surface area contributed by atoms with Gasteiger partial charge < -0.3 is 25.0 Å². The Morgan fingerprint density at radius 1 is 1.36 bits per heavy atom. The summed E-state index contributed by atoms with van der Waals surface area (Å²) in [6, 6.07) is -1.03. The Morgan fingerprint density at radius 3 is 2.54 bits per heavy atom. The van der Waals surface area contributed by atoms with Crippen LogP contribution in [0.25, 0.3) is 0 Å². The van der Waals surface area contributed by atoms with E-state index < -0.39 is 17.7 Å². The lowest BCUT2D eigenvalue weighted by Crippen LogP contribution is -2.60. The average Bonchev–Trinajstić information content (AvgIpc) is 3.19. The smallest absolute Gasteiger partial charge is 0.405 e. The lowest BCUT2D eigenvalue weighted by molar-refractivity contribution is -0.142. The van der Waals surface area contributed by atoms with Gasteiger partial charge in [-0.05, 0) is 33.6 Å². The molecule has 0 aromatic carbocycles. The van der Waals surface area contributed by atoms with Crippen LogP contribution in [0.2, 0.25) is 0 Å². The SMILES string of the molecule is COC(C)(C)C(NC(=O)O)C(=O)N1CCC(N2Cc3cnc(C)n3C2=O)CC1. The number of rotatable bonds is 5. The molecule has 0 radical (unpaired) electrons. The Balaban J connectivity index is 1.64. The van der Waals surface area contributed by atoms with Gasteiger partial charge in [0.25, 0.3) is 0 Å². The fraction of sp³-hybridized carbons (Fsp3) is 0.667. The van der Waals surface area contributed by atoms with Crippen molar-refractivity contribution in [3.63, 3.8) is 0 Å². The Kier molecular flexibility index (Phi) is 5.33. The molecule has 28 heavy (non-hydrogen) atoms. The number of nitrogens with zero attached hydrogens (tertiary/aromatic N) is 4. The van der Waals surface area contributed by atoms with E-state index in [0.717, 1.165) is 5.69 Å². The van der Waals surface area contributed by atoms with Crippen LogP contribution in [-0.4, -0.2) is 80.4 Å². The molecule has 3 heterocycles. The van der Waals surface area contributed by atoms with Gasteiger partial charge >= 0.3 is 12.1 Å². The molecule has 3 amide bonds. The van der Waals surface area contributed by atoms with Crippen LogP contribution in [0.4, 0.5) is 9.59 Å². The summed E-state index contributed by atoms with van der Waals surface area (Å²) >= 11 is 0. The number of ether oxygens (including phenoxy) is 1. The van der Waals surface area contributed by atoms with Crippen molar-refractivity contribution >= 4 is 18.0 Å². The molecule has 2 N–H and O–H groups in total. The Hall–Kier alpha value is -2.62. The van der Waals surface area contributed by atoms with Crippen LogP contribution in [0.5, 0.6) is 0 Å². The fourth-order valence-corrected chi connectivity index (χ4v) is 3.87. The van der Waals surface area contributed by atoms with Gasteiger partial charge in [-0.3, -0.25) is 9.36 Å². The normalized spacial score (nSPS) is 18.9. The fourth-order valence-electron chi connectivity index (χ4n) is 3.87. The predicted octanol–water partition coefficient (Wildman–Crippen LogP) is 1.03. The first kappa shape index (κ1) is 20.1. The van der Waals surface area contributed by atoms with Gasteiger partial charge in [0.15, 0.2) is 0 Å². The summed E-state index contributed by atoms with van der Waals surface area (Å²) in [5.41, 5.74) is -0.0979. The molecule has 0 saturated carbocycles. The summed E-state index contributed by atoms with van der Waals surface area (Å²) in [7, 11) is 1.45. The Labute approximate surface area is 163 Å². The monoisotopic (exact) mass is 393 g/mol. The van der Waals surface area contributed by atoms with Crippen molar-refractivity contribution in [2.75, 3.05) is 20.2 Å². The zero-order chi connectivity index (χ0) is 20.6. The predicted molar refractivity (Wildman–Crippen MR) is 98.9 cm³/mol. The summed E-state index contributed by atoms with van der Waals surface area (Å²) in [5.74, 6) is 0.367. The minimum atomic E-state index is -1.27. The minimum Gasteiger partial charge on any atom is -0.465 e. The van der Waals surface area contributed by atoms with Gasteiger partial charge in [-0.2, -0.15) is 0 Å². The zero-order valence-corrected chi connectivity index (χ0v) is 16.6. The molecular formula is C18H27N5O5. The van der Waals surface area contributed by atoms with Crippen molar-refractivity contribution in [3.8, 4) is 0 Å². The summed E-state index contributed by atoms with van der Waals surface area (Å²) in [6.07, 6.45) is 1.73. The molecule has 1 atom stereocenters. The third kappa shape index (κ3) is 3.56. The van der Waals surface area contributed by atoms with Crippen LogP contribution in [-0.2, 0) is 16.1 Å². The highest BCUT2D eigenvalue weighted by atomic mass is 16.5. The molecule has 3 rings (SSSR count). The van der Waals surface area contributed by atoms with E-state index in [4.69, 9.17) is 9.84 Å². The van der Waals surface area contributed by atoms with E-state index >= 15 is 0 Å². The summed E-state index contributed by atoms with van der Waals surface area (Å²) in [5, 5.41) is 11.4. The Bertz CT molecular complexity index is 781. The number of carbonyl (C=O) groups is 3. The lowest BCUT2D eigenvalue weighted by Gasteiger charge is -2.40. The molecule has 1 fully saturated rings. The molecule has 2 aliphatic heterocycles. The Morgan fingerprint density at radius 2 is 2.00 bits per heavy atom. The minimum absolute atomic E-state index is 0.0390. The van der Waals surface area contributed by atoms with E-state index in [9.17, 15) is 14.4 Å². The number of carbonyl (C=O) groups excluding carboxylic acids is 2. The average molecular weight is 393 g/mol. The molecule has 1 unspecified atom stereocenters. The molecule has 10 heteroatoms. The van der Waals surface area contributed by atoms with Crippen molar-refractivity contribution in [3.05, 3.63) is 17.7 Å². The van der Waals surface area contributed by atoms with E-state index in [1.54, 1.807) is 36.4 Å². The molecule has 1 saturated heterocycles. The highest BCUT2D eigenvalue weighted by Crippen LogP contribution is 2.27. The number of aryl methyl sites for hydroxylation is 1. The number of carboxylic acid groups (broad SMARTS) is 1. The summed E-state index contributed by atoms with van der Waals surface area (Å²) in [6.45, 7) is 6.59. The standard InChI is InChI=1S/C18H27N5O5/c1-11-19-9-13-10-22(17(27)23(11)13)12-5-7-21(8-6-12)15(24)14(20-16(25)26)18(2,3)28-4/h9,12,14,20H,5-8,10H2,1-4H3,(H,25,26). The molecular weight excluding hydrogens is 366 g/mol. The number of piperidine rings is 1. The number of hydrogen-bond acceptors (Lipinski definition) is 5. The first-order chi connectivity index (χ1) is 13.2. The number of methoxy groups -OCH3 is 1. The second-order valence-electron chi connectivity index (χ2n) is 7.79. The maximum Gasteiger partial charge on any atom is 0.405 e. The van der Waals surface area contributed by atoms with E-state index in [-0.39, 0.29) is 18.0 Å². The van der Waals surface area contributed by atoms with E-state index in [0.29, 0.717) is 38.3 Å². The van der Waals surface area contributed by atoms with Gasteiger partial charge in [-0.1, -0.05) is 0 Å². The molecule has 0 spiro atoms. The van der Waals surface area contributed by atoms with Crippen molar-refractivity contribution in [1.29, 1.82) is 0 Å². The van der Waals surface area contributed by atoms with Gasteiger partial charge in [0.1, 0.15) is 11.9 Å². The van der Waals surface area contributed by atoms with Gasteiger partial charge in [-0.25, -0.2) is 14.6 Å². The van der Waals surface area contributed by atoms with E-state index in [1.807, 2.05) is 4.90 Å². The zero-order valence-electron chi connectivity index (χ0n) is 16.6. The lowest BCUT2D eigenvalue weighted by atomic mass is 9.95. The van der Waals surface area contributed by atoms with E-state index in [1.165, 1.54) is 7.11 Å². The number of fused-ring (bicyclic) bond motifs is 1. The molecule has 1 aromatic heterocycles. The van der Waals surface area contributed by atoms with Gasteiger partial charge in [0, 0.05) is 26.2 Å². The number of nitrogens with one attached hydrogen (secondary N) is 1. The van der Waals surface area contributed by atoms with Gasteiger partial charge in [0.05, 0.1) is 24.0 Å². The second kappa shape index (κ2) is 7.42. The van der Waals surface area contributed by atoms with Crippen molar-refractivity contribution in [2.24, 2.45) is 0 Å². The number of imidazole rings is 1. The quantitative estimate of drug-likeness (QED) is 0.772. The number of hydrogen-bond donors (Lipinski definition) is 2. The van der Waals surface area contributed by atoms with Crippen LogP contribution in [0.3, 0.4) is 0 Å². The topological polar surface area (TPSA) is 117 Å². The number of aromatic nitrogens is 2. The van der Waals surface area contributed by atoms with Gasteiger partial charge in [-0.15, -0.1) is 0 Å². The van der Waals surface area contributed by atoms with Crippen LogP contribution >= 0.6 is 0 Å². The second-order valence-corrected chi connectivity index (χ2v) is 7.79. The highest BCUT2D eigenvalue weighted by Gasteiger charge is 2.41. The molecule has 154 valence electrons. The number of amides is 3. The highest BCUT2D eigenvalue weighted by molar-refractivity contribution is 5.86. The van der Waals surface area contributed by atoms with Crippen LogP contribution in [0, 0.1) is 6.92 Å². The maximum absolute atomic E-state index is 12.9. The molecule has 0 bridgehead atoms. The largest absolute Gasteiger partial charge is 0.465 e. The van der Waals surface area contributed by atoms with Crippen LogP contribution in [0.15, 0.2) is 6.20 Å². The number of likely N-dealkylation sites (tertiary alicyclic amines) is 1. The molecule has 2 aliphatic rings.